The Labute approximate surface area is 175 Å². The largest absolute Gasteiger partial charge is 0.502 e. The van der Waals surface area contributed by atoms with Crippen molar-refractivity contribution in [1.29, 1.82) is 0 Å². The number of aromatic hydroxyl groups is 1. The molecule has 3 N–H and O–H groups in total. The topological polar surface area (TPSA) is 107 Å². The van der Waals surface area contributed by atoms with E-state index in [2.05, 4.69) is 10.6 Å². The summed E-state index contributed by atoms with van der Waals surface area (Å²) in [4.78, 5) is 39.8. The van der Waals surface area contributed by atoms with Crippen molar-refractivity contribution >= 4 is 11.8 Å². The van der Waals surface area contributed by atoms with Gasteiger partial charge in [-0.15, -0.1) is 0 Å². The molecule has 2 amide bonds. The zero-order valence-electron chi connectivity index (χ0n) is 16.7. The first kappa shape index (κ1) is 20.8. The molecule has 0 unspecified atom stereocenters. The summed E-state index contributed by atoms with van der Waals surface area (Å²) in [7, 11) is 0. The highest BCUT2D eigenvalue weighted by Crippen LogP contribution is 2.25. The van der Waals surface area contributed by atoms with Gasteiger partial charge in [0.05, 0.1) is 0 Å². The lowest BCUT2D eigenvalue weighted by Crippen LogP contribution is -2.68. The summed E-state index contributed by atoms with van der Waals surface area (Å²) in [6, 6.07) is 2.93. The molecule has 4 rings (SSSR count). The summed E-state index contributed by atoms with van der Waals surface area (Å²) in [6.07, 6.45) is 0.876. The lowest BCUT2D eigenvalue weighted by molar-refractivity contribution is 0.0554. The van der Waals surface area contributed by atoms with E-state index in [1.807, 2.05) is 0 Å². The number of nitrogens with one attached hydrogen (secondary N) is 2. The number of aromatic nitrogens is 1. The van der Waals surface area contributed by atoms with Crippen LogP contribution in [0.2, 0.25) is 0 Å². The summed E-state index contributed by atoms with van der Waals surface area (Å²) >= 11 is 0. The predicted molar refractivity (Wildman–Crippen MR) is 106 cm³/mol. The molecule has 3 heterocycles. The third-order valence-electron chi connectivity index (χ3n) is 5.49. The van der Waals surface area contributed by atoms with Crippen molar-refractivity contribution in [2.24, 2.45) is 0 Å². The summed E-state index contributed by atoms with van der Waals surface area (Å²) in [5, 5.41) is 17.9. The maximum absolute atomic E-state index is 13.8. The first-order valence-corrected chi connectivity index (χ1v) is 9.82. The van der Waals surface area contributed by atoms with Gasteiger partial charge >= 0.3 is 0 Å². The second-order valence-electron chi connectivity index (χ2n) is 7.27. The van der Waals surface area contributed by atoms with Crippen molar-refractivity contribution in [3.05, 3.63) is 63.1 Å². The highest BCUT2D eigenvalue weighted by Gasteiger charge is 2.40. The Morgan fingerprint density at radius 3 is 2.81 bits per heavy atom. The van der Waals surface area contributed by atoms with E-state index in [9.17, 15) is 28.3 Å². The molecule has 11 heteroatoms. The van der Waals surface area contributed by atoms with E-state index in [0.29, 0.717) is 32.2 Å². The molecule has 2 aromatic rings. The molecule has 1 aromatic carbocycles. The van der Waals surface area contributed by atoms with Gasteiger partial charge < -0.3 is 20.6 Å². The molecule has 0 bridgehead atoms. The van der Waals surface area contributed by atoms with Crippen LogP contribution in [0.15, 0.2) is 29.2 Å². The number of carbonyl (C=O) groups is 2. The number of carbonyl (C=O) groups excluding carboxylic acids is 2. The van der Waals surface area contributed by atoms with Crippen LogP contribution in [0.1, 0.15) is 33.3 Å². The van der Waals surface area contributed by atoms with E-state index in [0.717, 1.165) is 6.07 Å². The number of piperazine rings is 1. The fourth-order valence-electron chi connectivity index (χ4n) is 3.92. The normalized spacial score (nSPS) is 17.9. The number of amides is 2. The molecule has 1 aromatic heterocycles. The van der Waals surface area contributed by atoms with Crippen LogP contribution in [-0.4, -0.2) is 58.8 Å². The van der Waals surface area contributed by atoms with Crippen LogP contribution in [0.25, 0.3) is 0 Å². The summed E-state index contributed by atoms with van der Waals surface area (Å²) < 4.78 is 28.2. The number of rotatable bonds is 4. The third kappa shape index (κ3) is 3.50. The maximum atomic E-state index is 13.8. The molecule has 9 nitrogen and oxygen atoms in total. The van der Waals surface area contributed by atoms with Crippen LogP contribution in [0, 0.1) is 11.6 Å². The van der Waals surface area contributed by atoms with Gasteiger partial charge in [-0.1, -0.05) is 6.07 Å². The van der Waals surface area contributed by atoms with Gasteiger partial charge in [0, 0.05) is 50.6 Å². The summed E-state index contributed by atoms with van der Waals surface area (Å²) in [5.74, 6) is -3.76. The average molecular weight is 433 g/mol. The Kier molecular flexibility index (Phi) is 5.36. The minimum absolute atomic E-state index is 0.0352. The lowest BCUT2D eigenvalue weighted by atomic mass is 10.1. The third-order valence-corrected chi connectivity index (χ3v) is 5.49. The number of fused-ring (bicyclic) bond motifs is 3. The SMILES string of the molecule is CCN1C(=O)c2c(O)c(=O)c(C(=O)NCc3ccc(F)cc3F)cn2N2CCNC[C@@H]12. The van der Waals surface area contributed by atoms with Crippen molar-refractivity contribution in [3.8, 4) is 5.75 Å². The number of halogens is 2. The number of benzene rings is 1. The molecule has 0 radical (unpaired) electrons. The van der Waals surface area contributed by atoms with Crippen molar-refractivity contribution in [1.82, 2.24) is 20.2 Å². The second kappa shape index (κ2) is 7.99. The number of hydrogen-bond donors (Lipinski definition) is 3. The Bertz CT molecular complexity index is 1120. The molecule has 0 saturated carbocycles. The molecule has 0 spiro atoms. The quantitative estimate of drug-likeness (QED) is 0.632. The Morgan fingerprint density at radius 2 is 2.10 bits per heavy atom. The molecule has 1 atom stereocenters. The monoisotopic (exact) mass is 433 g/mol. The van der Waals surface area contributed by atoms with Gasteiger partial charge in [-0.3, -0.25) is 24.1 Å². The van der Waals surface area contributed by atoms with E-state index in [-0.39, 0.29) is 29.5 Å². The first-order valence-electron chi connectivity index (χ1n) is 9.82. The fraction of sp³-hybridized carbons (Fsp3) is 0.350. The minimum Gasteiger partial charge on any atom is -0.502 e. The molecular formula is C20H21F2N5O4. The molecule has 0 aliphatic carbocycles. The first-order chi connectivity index (χ1) is 14.8. The van der Waals surface area contributed by atoms with Crippen LogP contribution < -0.4 is 21.1 Å². The summed E-state index contributed by atoms with van der Waals surface area (Å²) in [6.45, 7) is 3.46. The molecule has 2 aliphatic heterocycles. The van der Waals surface area contributed by atoms with E-state index < -0.39 is 34.6 Å². The van der Waals surface area contributed by atoms with Gasteiger partial charge in [-0.2, -0.15) is 0 Å². The van der Waals surface area contributed by atoms with Crippen LogP contribution in [0.3, 0.4) is 0 Å². The Balaban J connectivity index is 1.69. The number of pyridine rings is 1. The summed E-state index contributed by atoms with van der Waals surface area (Å²) in [5.41, 5.74) is -1.56. The molecule has 2 aliphatic rings. The zero-order chi connectivity index (χ0) is 22.3. The van der Waals surface area contributed by atoms with Gasteiger partial charge in [0.15, 0.2) is 11.4 Å². The smallest absolute Gasteiger partial charge is 0.278 e. The van der Waals surface area contributed by atoms with Gasteiger partial charge in [-0.25, -0.2) is 8.78 Å². The van der Waals surface area contributed by atoms with Gasteiger partial charge in [0.2, 0.25) is 5.43 Å². The van der Waals surface area contributed by atoms with Crippen molar-refractivity contribution in [2.75, 3.05) is 31.2 Å². The van der Waals surface area contributed by atoms with Crippen molar-refractivity contribution < 1.29 is 23.5 Å². The molecule has 1 fully saturated rings. The van der Waals surface area contributed by atoms with Crippen LogP contribution in [0.5, 0.6) is 5.75 Å². The van der Waals surface area contributed by atoms with Gasteiger partial charge in [-0.05, 0) is 13.0 Å². The Morgan fingerprint density at radius 1 is 1.32 bits per heavy atom. The predicted octanol–water partition coefficient (Wildman–Crippen LogP) is 0.105. The van der Waals surface area contributed by atoms with Gasteiger partial charge in [0.25, 0.3) is 11.8 Å². The molecule has 31 heavy (non-hydrogen) atoms. The van der Waals surface area contributed by atoms with Crippen molar-refractivity contribution in [2.45, 2.75) is 19.6 Å². The highest BCUT2D eigenvalue weighted by atomic mass is 19.1. The fourth-order valence-corrected chi connectivity index (χ4v) is 3.92. The van der Waals surface area contributed by atoms with Crippen LogP contribution in [0.4, 0.5) is 8.78 Å². The number of hydrogen-bond acceptors (Lipinski definition) is 6. The minimum atomic E-state index is -0.999. The van der Waals surface area contributed by atoms with E-state index in [1.165, 1.54) is 21.8 Å². The zero-order valence-corrected chi connectivity index (χ0v) is 16.7. The van der Waals surface area contributed by atoms with Crippen LogP contribution >= 0.6 is 0 Å². The van der Waals surface area contributed by atoms with Crippen LogP contribution in [-0.2, 0) is 6.54 Å². The second-order valence-corrected chi connectivity index (χ2v) is 7.27. The molecular weight excluding hydrogens is 412 g/mol. The highest BCUT2D eigenvalue weighted by molar-refractivity contribution is 5.99. The standard InChI is InChI=1S/C20H21F2N5O4/c1-2-25-15-9-23-5-6-26(15)27-10-13(17(28)18(29)16(27)20(25)31)19(30)24-8-11-3-4-12(21)7-14(11)22/h3-4,7,10,15,23,29H,2,5-6,8-9H2,1H3,(H,24,30)/t15-/m0/s1. The number of likely N-dealkylation sites (N-methyl/N-ethyl adjacent to an activating group) is 1. The molecule has 1 saturated heterocycles. The van der Waals surface area contributed by atoms with Crippen molar-refractivity contribution in [3.63, 3.8) is 0 Å². The number of nitrogens with zero attached hydrogens (tertiary/aromatic N) is 3. The van der Waals surface area contributed by atoms with E-state index >= 15 is 0 Å². The molecule has 164 valence electrons. The maximum Gasteiger partial charge on any atom is 0.278 e. The van der Waals surface area contributed by atoms with Gasteiger partial charge in [0.1, 0.15) is 23.4 Å². The lowest BCUT2D eigenvalue weighted by Gasteiger charge is -2.48. The average Bonchev–Trinajstić information content (AvgIpc) is 2.75. The van der Waals surface area contributed by atoms with E-state index in [4.69, 9.17) is 0 Å². The Hall–Kier alpha value is -3.47. The van der Waals surface area contributed by atoms with E-state index in [1.54, 1.807) is 11.9 Å².